The second kappa shape index (κ2) is 6.88. The third-order valence-corrected chi connectivity index (χ3v) is 5.21. The van der Waals surface area contributed by atoms with Crippen LogP contribution in [0.15, 0.2) is 24.3 Å². The van der Waals surface area contributed by atoms with Gasteiger partial charge in [-0.1, -0.05) is 13.0 Å². The number of nitrogens with zero attached hydrogens (tertiary/aromatic N) is 1. The minimum atomic E-state index is -0.822. The van der Waals surface area contributed by atoms with E-state index in [0.29, 0.717) is 36.8 Å². The molecule has 1 aliphatic rings. The van der Waals surface area contributed by atoms with Gasteiger partial charge in [0.15, 0.2) is 0 Å². The second-order valence-electron chi connectivity index (χ2n) is 4.94. The van der Waals surface area contributed by atoms with Crippen LogP contribution in [0.4, 0.5) is 0 Å². The predicted molar refractivity (Wildman–Crippen MR) is 80.6 cm³/mol. The Balaban J connectivity index is 2.10. The van der Waals surface area contributed by atoms with Crippen LogP contribution in [0.5, 0.6) is 5.75 Å². The molecule has 1 amide bonds. The van der Waals surface area contributed by atoms with Gasteiger partial charge < -0.3 is 9.64 Å². The van der Waals surface area contributed by atoms with Crippen molar-refractivity contribution >= 4 is 16.7 Å². The van der Waals surface area contributed by atoms with Crippen LogP contribution in [0.2, 0.25) is 0 Å². The Bertz CT molecular complexity index is 504. The minimum Gasteiger partial charge on any atom is -0.494 e. The molecule has 0 N–H and O–H groups in total. The summed E-state index contributed by atoms with van der Waals surface area (Å²) in [6.07, 6.45) is 0.795. The number of carbonyl (C=O) groups is 1. The van der Waals surface area contributed by atoms with Gasteiger partial charge in [-0.3, -0.25) is 9.00 Å². The molecule has 0 bridgehead atoms. The van der Waals surface area contributed by atoms with Crippen molar-refractivity contribution in [3.8, 4) is 5.75 Å². The van der Waals surface area contributed by atoms with Gasteiger partial charge in [0.25, 0.3) is 5.91 Å². The van der Waals surface area contributed by atoms with Crippen molar-refractivity contribution in [1.29, 1.82) is 0 Å². The fourth-order valence-electron chi connectivity index (χ4n) is 2.25. The topological polar surface area (TPSA) is 46.6 Å². The standard InChI is InChI=1S/C15H21NO3S/c1-3-19-14-6-4-5-13(11-14)15(17)16-8-7-12(2)20(18)10-9-16/h4-6,11-12H,3,7-10H2,1-2H3/t12-,20+/m0/s1. The van der Waals surface area contributed by atoms with E-state index in [1.807, 2.05) is 26.0 Å². The molecule has 1 fully saturated rings. The smallest absolute Gasteiger partial charge is 0.254 e. The van der Waals surface area contributed by atoms with Crippen LogP contribution in [0.3, 0.4) is 0 Å². The van der Waals surface area contributed by atoms with Crippen LogP contribution in [0.1, 0.15) is 30.6 Å². The van der Waals surface area contributed by atoms with Crippen molar-refractivity contribution in [2.45, 2.75) is 25.5 Å². The van der Waals surface area contributed by atoms with E-state index in [-0.39, 0.29) is 11.2 Å². The molecule has 1 aliphatic heterocycles. The van der Waals surface area contributed by atoms with E-state index in [1.165, 1.54) is 0 Å². The Morgan fingerprint density at radius 2 is 2.25 bits per heavy atom. The molecule has 5 heteroatoms. The second-order valence-corrected chi connectivity index (χ2v) is 6.91. The maximum Gasteiger partial charge on any atom is 0.254 e. The van der Waals surface area contributed by atoms with Gasteiger partial charge in [-0.15, -0.1) is 0 Å². The molecule has 110 valence electrons. The van der Waals surface area contributed by atoms with Gasteiger partial charge in [0.1, 0.15) is 5.75 Å². The zero-order valence-corrected chi connectivity index (χ0v) is 12.8. The van der Waals surface area contributed by atoms with E-state index in [9.17, 15) is 9.00 Å². The summed E-state index contributed by atoms with van der Waals surface area (Å²) in [7, 11) is -0.822. The molecule has 0 unspecified atom stereocenters. The Kier molecular flexibility index (Phi) is 5.17. The zero-order valence-electron chi connectivity index (χ0n) is 12.0. The van der Waals surface area contributed by atoms with E-state index in [1.54, 1.807) is 17.0 Å². The molecule has 1 aromatic carbocycles. The number of hydrogen-bond acceptors (Lipinski definition) is 3. The monoisotopic (exact) mass is 295 g/mol. The molecule has 0 saturated carbocycles. The van der Waals surface area contributed by atoms with Crippen molar-refractivity contribution in [3.05, 3.63) is 29.8 Å². The molecular formula is C15H21NO3S. The fraction of sp³-hybridized carbons (Fsp3) is 0.533. The first-order valence-corrected chi connectivity index (χ1v) is 8.39. The first kappa shape index (κ1) is 15.0. The van der Waals surface area contributed by atoms with E-state index in [2.05, 4.69) is 0 Å². The zero-order chi connectivity index (χ0) is 14.5. The Labute approximate surface area is 122 Å². The molecule has 4 nitrogen and oxygen atoms in total. The number of benzene rings is 1. The van der Waals surface area contributed by atoms with Crippen molar-refractivity contribution in [1.82, 2.24) is 4.90 Å². The van der Waals surface area contributed by atoms with Crippen LogP contribution in [0.25, 0.3) is 0 Å². The molecule has 2 atom stereocenters. The van der Waals surface area contributed by atoms with Gasteiger partial charge in [0.05, 0.1) is 6.61 Å². The lowest BCUT2D eigenvalue weighted by atomic mass is 10.1. The van der Waals surface area contributed by atoms with Crippen LogP contribution >= 0.6 is 0 Å². The lowest BCUT2D eigenvalue weighted by Crippen LogP contribution is -2.33. The highest BCUT2D eigenvalue weighted by Crippen LogP contribution is 2.17. The lowest BCUT2D eigenvalue weighted by molar-refractivity contribution is 0.0766. The summed E-state index contributed by atoms with van der Waals surface area (Å²) in [5, 5.41) is 0.169. The van der Waals surface area contributed by atoms with E-state index in [4.69, 9.17) is 4.74 Å². The molecule has 0 spiro atoms. The summed E-state index contributed by atoms with van der Waals surface area (Å²) < 4.78 is 17.2. The van der Waals surface area contributed by atoms with Crippen molar-refractivity contribution in [3.63, 3.8) is 0 Å². The molecular weight excluding hydrogens is 274 g/mol. The predicted octanol–water partition coefficient (Wildman–Crippen LogP) is 2.07. The Morgan fingerprint density at radius 3 is 3.00 bits per heavy atom. The molecule has 2 rings (SSSR count). The third-order valence-electron chi connectivity index (χ3n) is 3.50. The van der Waals surface area contributed by atoms with Gasteiger partial charge in [-0.05, 0) is 31.5 Å². The first-order valence-electron chi connectivity index (χ1n) is 7.01. The maximum absolute atomic E-state index is 12.5. The molecule has 1 heterocycles. The number of hydrogen-bond donors (Lipinski definition) is 0. The first-order chi connectivity index (χ1) is 9.61. The summed E-state index contributed by atoms with van der Waals surface area (Å²) >= 11 is 0. The van der Waals surface area contributed by atoms with Crippen LogP contribution in [-0.2, 0) is 10.8 Å². The SMILES string of the molecule is CCOc1cccc(C(=O)N2CC[C@H](C)[S@](=O)CC2)c1. The highest BCUT2D eigenvalue weighted by Gasteiger charge is 2.23. The number of carbonyl (C=O) groups excluding carboxylic acids is 1. The van der Waals surface area contributed by atoms with Gasteiger partial charge in [-0.2, -0.15) is 0 Å². The van der Waals surface area contributed by atoms with Gasteiger partial charge in [0.2, 0.25) is 0 Å². The summed E-state index contributed by atoms with van der Waals surface area (Å²) in [6, 6.07) is 7.25. The van der Waals surface area contributed by atoms with Crippen molar-refractivity contribution in [2.24, 2.45) is 0 Å². The minimum absolute atomic E-state index is 0.00217. The number of ether oxygens (including phenoxy) is 1. The molecule has 1 saturated heterocycles. The molecule has 0 aromatic heterocycles. The number of amides is 1. The average Bonchev–Trinajstić information content (AvgIpc) is 2.62. The van der Waals surface area contributed by atoms with E-state index >= 15 is 0 Å². The molecule has 0 aliphatic carbocycles. The summed E-state index contributed by atoms with van der Waals surface area (Å²) in [6.45, 7) is 5.72. The summed E-state index contributed by atoms with van der Waals surface area (Å²) in [4.78, 5) is 14.3. The maximum atomic E-state index is 12.5. The third kappa shape index (κ3) is 3.60. The largest absolute Gasteiger partial charge is 0.494 e. The highest BCUT2D eigenvalue weighted by molar-refractivity contribution is 7.85. The Hall–Kier alpha value is -1.36. The summed E-state index contributed by atoms with van der Waals surface area (Å²) in [5.41, 5.74) is 0.635. The van der Waals surface area contributed by atoms with Crippen LogP contribution < -0.4 is 4.74 Å². The normalized spacial score (nSPS) is 23.2. The van der Waals surface area contributed by atoms with Crippen LogP contribution in [-0.4, -0.2) is 45.7 Å². The van der Waals surface area contributed by atoms with Crippen molar-refractivity contribution in [2.75, 3.05) is 25.4 Å². The molecule has 1 aromatic rings. The number of rotatable bonds is 3. The average molecular weight is 295 g/mol. The molecule has 20 heavy (non-hydrogen) atoms. The summed E-state index contributed by atoms with van der Waals surface area (Å²) in [5.74, 6) is 1.28. The van der Waals surface area contributed by atoms with Gasteiger partial charge in [-0.25, -0.2) is 0 Å². The van der Waals surface area contributed by atoms with E-state index < -0.39 is 10.8 Å². The Morgan fingerprint density at radius 1 is 1.45 bits per heavy atom. The van der Waals surface area contributed by atoms with Crippen molar-refractivity contribution < 1.29 is 13.7 Å². The van der Waals surface area contributed by atoms with E-state index in [0.717, 1.165) is 6.42 Å². The fourth-order valence-corrected chi connectivity index (χ4v) is 3.42. The van der Waals surface area contributed by atoms with Gasteiger partial charge in [0, 0.05) is 40.5 Å². The quantitative estimate of drug-likeness (QED) is 0.857. The van der Waals surface area contributed by atoms with Crippen LogP contribution in [0, 0.1) is 0 Å². The highest BCUT2D eigenvalue weighted by atomic mass is 32.2. The lowest BCUT2D eigenvalue weighted by Gasteiger charge is -2.20. The van der Waals surface area contributed by atoms with Gasteiger partial charge >= 0.3 is 0 Å². The molecule has 0 radical (unpaired) electrons.